The first-order valence-electron chi connectivity index (χ1n) is 12.9. The summed E-state index contributed by atoms with van der Waals surface area (Å²) < 4.78 is 66.2. The summed E-state index contributed by atoms with van der Waals surface area (Å²) >= 11 is 0. The molecule has 1 aromatic carbocycles. The molecule has 37 heavy (non-hydrogen) atoms. The number of hydrogen-bond acceptors (Lipinski definition) is 5. The second-order valence-electron chi connectivity index (χ2n) is 12.9. The zero-order chi connectivity index (χ0) is 27.2. The number of allylic oxidation sites excluding steroid dienone is 2. The molecular weight excluding hydrogens is 512 g/mol. The molecule has 4 saturated carbocycles. The van der Waals surface area contributed by atoms with Gasteiger partial charge in [-0.25, -0.2) is 0 Å². The van der Waals surface area contributed by atoms with Gasteiger partial charge < -0.3 is 0 Å². The largest absolute Gasteiger partial charge is 0.294 e. The standard InChI is InChI=1S/C28H36O7S2/c1-25(2)22-9-11-27(25,16-36(30,31)32)15-20(22)13-18-5-7-19(8-6-18)14-21-23-10-12-28(24(21)29,26(23,3)4)17-37(33,34)35/h5-8,13-14,22-23H,9-12,15-17H2,1-4H3,(H,30,31,32)(H,33,34,35)/b20-13+,21-14-. The summed E-state index contributed by atoms with van der Waals surface area (Å²) in [6.07, 6.45) is 7.51. The van der Waals surface area contributed by atoms with Crippen molar-refractivity contribution in [3.8, 4) is 0 Å². The van der Waals surface area contributed by atoms with Crippen LogP contribution in [0.5, 0.6) is 0 Å². The molecule has 1 aromatic rings. The summed E-state index contributed by atoms with van der Waals surface area (Å²) in [7, 11) is -8.37. The van der Waals surface area contributed by atoms with E-state index < -0.39 is 42.2 Å². The molecule has 202 valence electrons. The van der Waals surface area contributed by atoms with Gasteiger partial charge >= 0.3 is 0 Å². The number of rotatable bonds is 6. The minimum absolute atomic E-state index is 0.0567. The number of Topliss-reactive ketones (excluding diaryl/α,β-unsaturated/α-hetero) is 1. The monoisotopic (exact) mass is 548 g/mol. The van der Waals surface area contributed by atoms with Crippen LogP contribution in [0.15, 0.2) is 35.4 Å². The van der Waals surface area contributed by atoms with Crippen molar-refractivity contribution in [2.45, 2.75) is 59.8 Å². The molecule has 4 aliphatic carbocycles. The second-order valence-corrected chi connectivity index (χ2v) is 15.8. The minimum Gasteiger partial charge on any atom is -0.294 e. The van der Waals surface area contributed by atoms with Crippen LogP contribution < -0.4 is 0 Å². The SMILES string of the molecule is CC1(C)C2CCC1(CS(=O)(=O)O)C/C2=C\c1ccc(/C=C2\C(=O)C3(CS(=O)(=O)O)CCC2C3(C)C)cc1. The highest BCUT2D eigenvalue weighted by molar-refractivity contribution is 7.86. The summed E-state index contributed by atoms with van der Waals surface area (Å²) in [5.74, 6) is -0.713. The van der Waals surface area contributed by atoms with E-state index in [2.05, 4.69) is 19.9 Å². The average Bonchev–Trinajstić information content (AvgIpc) is 3.26. The van der Waals surface area contributed by atoms with Gasteiger partial charge in [0, 0.05) is 5.57 Å². The van der Waals surface area contributed by atoms with E-state index in [-0.39, 0.29) is 28.8 Å². The van der Waals surface area contributed by atoms with Crippen molar-refractivity contribution >= 4 is 38.2 Å². The Labute approximate surface area is 219 Å². The Balaban J connectivity index is 1.41. The maximum atomic E-state index is 13.4. The van der Waals surface area contributed by atoms with Crippen LogP contribution in [0.3, 0.4) is 0 Å². The van der Waals surface area contributed by atoms with Crippen LogP contribution >= 0.6 is 0 Å². The van der Waals surface area contributed by atoms with Gasteiger partial charge in [0.15, 0.2) is 5.78 Å². The van der Waals surface area contributed by atoms with Gasteiger partial charge in [-0.15, -0.1) is 0 Å². The molecular formula is C28H36O7S2. The van der Waals surface area contributed by atoms with Crippen molar-refractivity contribution in [1.29, 1.82) is 0 Å². The lowest BCUT2D eigenvalue weighted by Gasteiger charge is -2.36. The van der Waals surface area contributed by atoms with E-state index in [4.69, 9.17) is 0 Å². The van der Waals surface area contributed by atoms with Crippen LogP contribution in [0.2, 0.25) is 0 Å². The molecule has 0 heterocycles. The number of carbonyl (C=O) groups is 1. The first kappa shape index (κ1) is 26.8. The molecule has 4 atom stereocenters. The summed E-state index contributed by atoms with van der Waals surface area (Å²) in [5, 5.41) is 0. The van der Waals surface area contributed by atoms with E-state index in [1.807, 2.05) is 44.2 Å². The van der Waals surface area contributed by atoms with Crippen LogP contribution in [-0.4, -0.2) is 43.2 Å². The number of ketones is 1. The fourth-order valence-corrected chi connectivity index (χ4v) is 11.0. The lowest BCUT2D eigenvalue weighted by Crippen LogP contribution is -2.42. The number of fused-ring (bicyclic) bond motifs is 4. The zero-order valence-corrected chi connectivity index (χ0v) is 23.5. The summed E-state index contributed by atoms with van der Waals surface area (Å²) in [5.41, 5.74) is 1.38. The Morgan fingerprint density at radius 3 is 1.92 bits per heavy atom. The van der Waals surface area contributed by atoms with Gasteiger partial charge in [0.25, 0.3) is 20.2 Å². The van der Waals surface area contributed by atoms with E-state index in [0.29, 0.717) is 24.8 Å². The highest BCUT2D eigenvalue weighted by atomic mass is 32.2. The molecule has 0 amide bonds. The number of benzene rings is 1. The number of hydrogen-bond donors (Lipinski definition) is 2. The molecule has 4 unspecified atom stereocenters. The van der Waals surface area contributed by atoms with Crippen molar-refractivity contribution in [2.75, 3.05) is 11.5 Å². The maximum absolute atomic E-state index is 13.4. The lowest BCUT2D eigenvalue weighted by atomic mass is 9.70. The van der Waals surface area contributed by atoms with Crippen molar-refractivity contribution in [2.24, 2.45) is 33.5 Å². The van der Waals surface area contributed by atoms with Gasteiger partial charge in [-0.1, -0.05) is 63.6 Å². The summed E-state index contributed by atoms with van der Waals surface area (Å²) in [6, 6.07) is 7.83. The second kappa shape index (κ2) is 8.10. The predicted octanol–water partition coefficient (Wildman–Crippen LogP) is 5.06. The van der Waals surface area contributed by atoms with Gasteiger partial charge in [0.1, 0.15) is 0 Å². The molecule has 2 N–H and O–H groups in total. The van der Waals surface area contributed by atoms with Gasteiger partial charge in [0.2, 0.25) is 0 Å². The molecule has 4 fully saturated rings. The Kier molecular flexibility index (Phi) is 5.86. The molecule has 0 saturated heterocycles. The van der Waals surface area contributed by atoms with Crippen LogP contribution in [0, 0.1) is 33.5 Å². The third-order valence-electron chi connectivity index (χ3n) is 10.7. The Hall–Kier alpha value is -1.81. The Bertz CT molecular complexity index is 1430. The van der Waals surface area contributed by atoms with Crippen molar-refractivity contribution < 1.29 is 30.7 Å². The normalized spacial score (nSPS) is 36.2. The zero-order valence-electron chi connectivity index (χ0n) is 21.8. The first-order chi connectivity index (χ1) is 16.9. The van der Waals surface area contributed by atoms with Crippen molar-refractivity contribution in [3.05, 3.63) is 46.5 Å². The topological polar surface area (TPSA) is 126 Å². The minimum atomic E-state index is -4.30. The third kappa shape index (κ3) is 4.08. The van der Waals surface area contributed by atoms with Crippen LogP contribution in [0.1, 0.15) is 70.9 Å². The van der Waals surface area contributed by atoms with Gasteiger partial charge in [-0.05, 0) is 77.4 Å². The highest BCUT2D eigenvalue weighted by Gasteiger charge is 2.67. The fraction of sp³-hybridized carbons (Fsp3) is 0.607. The molecule has 0 radical (unpaired) electrons. The summed E-state index contributed by atoms with van der Waals surface area (Å²) in [4.78, 5) is 13.4. The highest BCUT2D eigenvalue weighted by Crippen LogP contribution is 2.68. The molecule has 4 aliphatic rings. The van der Waals surface area contributed by atoms with E-state index in [1.54, 1.807) is 0 Å². The molecule has 5 rings (SSSR count). The van der Waals surface area contributed by atoms with Gasteiger partial charge in [-0.2, -0.15) is 16.8 Å². The lowest BCUT2D eigenvalue weighted by molar-refractivity contribution is -0.125. The van der Waals surface area contributed by atoms with Gasteiger partial charge in [-0.3, -0.25) is 13.9 Å². The molecule has 4 bridgehead atoms. The van der Waals surface area contributed by atoms with E-state index in [9.17, 15) is 30.7 Å². The fourth-order valence-electron chi connectivity index (χ4n) is 8.44. The van der Waals surface area contributed by atoms with Crippen LogP contribution in [0.4, 0.5) is 0 Å². The number of carbonyl (C=O) groups excluding carboxylic acids is 1. The molecule has 0 spiro atoms. The maximum Gasteiger partial charge on any atom is 0.265 e. The van der Waals surface area contributed by atoms with E-state index in [0.717, 1.165) is 24.0 Å². The van der Waals surface area contributed by atoms with Crippen LogP contribution in [-0.2, 0) is 25.0 Å². The van der Waals surface area contributed by atoms with E-state index >= 15 is 0 Å². The van der Waals surface area contributed by atoms with Crippen molar-refractivity contribution in [3.63, 3.8) is 0 Å². The molecule has 9 heteroatoms. The van der Waals surface area contributed by atoms with E-state index in [1.165, 1.54) is 5.57 Å². The Morgan fingerprint density at radius 2 is 1.35 bits per heavy atom. The molecule has 0 aliphatic heterocycles. The first-order valence-corrected chi connectivity index (χ1v) is 16.1. The van der Waals surface area contributed by atoms with Crippen LogP contribution in [0.25, 0.3) is 12.2 Å². The Morgan fingerprint density at radius 1 is 0.811 bits per heavy atom. The quantitative estimate of drug-likeness (QED) is 0.376. The van der Waals surface area contributed by atoms with Crippen molar-refractivity contribution in [1.82, 2.24) is 0 Å². The predicted molar refractivity (Wildman–Crippen MR) is 143 cm³/mol. The third-order valence-corrected chi connectivity index (χ3v) is 12.4. The smallest absolute Gasteiger partial charge is 0.265 e. The van der Waals surface area contributed by atoms with Gasteiger partial charge in [0.05, 0.1) is 16.9 Å². The summed E-state index contributed by atoms with van der Waals surface area (Å²) in [6.45, 7) is 8.06. The molecule has 7 nitrogen and oxygen atoms in total. The average molecular weight is 549 g/mol. The molecule has 0 aromatic heterocycles.